The summed E-state index contributed by atoms with van der Waals surface area (Å²) in [7, 11) is 0. The Morgan fingerprint density at radius 2 is 1.85 bits per heavy atom. The summed E-state index contributed by atoms with van der Waals surface area (Å²) in [6.07, 6.45) is 0.500. The number of carbonyl (C=O) groups is 2. The number of nitrogens with one attached hydrogen (secondary N) is 1. The highest BCUT2D eigenvalue weighted by molar-refractivity contribution is 6.04. The molecule has 6 heteroatoms. The fraction of sp³-hybridized carbons (Fsp3) is 0. The predicted octanol–water partition coefficient (Wildman–Crippen LogP) is 1.36. The monoisotopic (exact) mass is 270 g/mol. The second kappa shape index (κ2) is 5.85. The zero-order valence-corrected chi connectivity index (χ0v) is 10.6. The van der Waals surface area contributed by atoms with Crippen molar-refractivity contribution in [2.45, 2.75) is 0 Å². The normalized spacial score (nSPS) is 9.85. The number of benzene rings is 2. The van der Waals surface area contributed by atoms with E-state index in [1.54, 1.807) is 48.5 Å². The average molecular weight is 270 g/mol. The molecule has 0 bridgehead atoms. The fourth-order valence-electron chi connectivity index (χ4n) is 1.66. The molecular formula is C14H14N4O2. The third-order valence-electron chi connectivity index (χ3n) is 2.69. The van der Waals surface area contributed by atoms with Crippen molar-refractivity contribution in [1.82, 2.24) is 0 Å². The first-order valence-corrected chi connectivity index (χ1v) is 5.86. The number of hydrazine groups is 1. The van der Waals surface area contributed by atoms with Crippen molar-refractivity contribution in [2.24, 2.45) is 5.84 Å². The van der Waals surface area contributed by atoms with Crippen LogP contribution in [0.1, 0.15) is 10.4 Å². The number of amides is 2. The summed E-state index contributed by atoms with van der Waals surface area (Å²) in [6.45, 7) is 0. The van der Waals surface area contributed by atoms with E-state index in [-0.39, 0.29) is 5.91 Å². The van der Waals surface area contributed by atoms with Crippen LogP contribution in [0.25, 0.3) is 0 Å². The molecule has 102 valence electrons. The molecule has 0 aliphatic rings. The second-order valence-electron chi connectivity index (χ2n) is 4.14. The second-order valence-corrected chi connectivity index (χ2v) is 4.14. The maximum atomic E-state index is 12.0. The minimum Gasteiger partial charge on any atom is -0.399 e. The molecule has 5 N–H and O–H groups in total. The lowest BCUT2D eigenvalue weighted by Gasteiger charge is -2.11. The van der Waals surface area contributed by atoms with Crippen molar-refractivity contribution in [3.05, 3.63) is 54.1 Å². The third kappa shape index (κ3) is 3.12. The van der Waals surface area contributed by atoms with Crippen LogP contribution < -0.4 is 21.9 Å². The Labute approximate surface area is 116 Å². The fourth-order valence-corrected chi connectivity index (χ4v) is 1.66. The van der Waals surface area contributed by atoms with E-state index in [4.69, 9.17) is 11.6 Å². The number of rotatable bonds is 4. The molecule has 0 spiro atoms. The van der Waals surface area contributed by atoms with Crippen LogP contribution in [0.3, 0.4) is 0 Å². The van der Waals surface area contributed by atoms with Gasteiger partial charge in [0.25, 0.3) is 5.91 Å². The lowest BCUT2D eigenvalue weighted by atomic mass is 10.2. The van der Waals surface area contributed by atoms with E-state index in [9.17, 15) is 9.59 Å². The van der Waals surface area contributed by atoms with Crippen molar-refractivity contribution >= 4 is 29.4 Å². The Morgan fingerprint density at radius 3 is 2.45 bits per heavy atom. The van der Waals surface area contributed by atoms with Crippen LogP contribution >= 0.6 is 0 Å². The highest BCUT2D eigenvalue weighted by atomic mass is 16.2. The molecule has 0 saturated carbocycles. The molecule has 6 nitrogen and oxygen atoms in total. The van der Waals surface area contributed by atoms with Crippen molar-refractivity contribution in [2.75, 3.05) is 16.1 Å². The van der Waals surface area contributed by atoms with Crippen LogP contribution in [0, 0.1) is 0 Å². The van der Waals surface area contributed by atoms with Crippen molar-refractivity contribution < 1.29 is 9.59 Å². The van der Waals surface area contributed by atoms with Gasteiger partial charge in [-0.05, 0) is 42.5 Å². The summed E-state index contributed by atoms with van der Waals surface area (Å²) >= 11 is 0. The maximum absolute atomic E-state index is 12.0. The Balaban J connectivity index is 2.10. The van der Waals surface area contributed by atoms with Crippen molar-refractivity contribution in [3.8, 4) is 0 Å². The van der Waals surface area contributed by atoms with Gasteiger partial charge >= 0.3 is 0 Å². The molecule has 2 aromatic rings. The summed E-state index contributed by atoms with van der Waals surface area (Å²) in [4.78, 5) is 22.5. The Hall–Kier alpha value is -2.86. The minimum absolute atomic E-state index is 0.259. The molecule has 0 heterocycles. The molecule has 2 rings (SSSR count). The van der Waals surface area contributed by atoms with Crippen LogP contribution in [0.2, 0.25) is 0 Å². The van der Waals surface area contributed by atoms with E-state index in [2.05, 4.69) is 5.32 Å². The van der Waals surface area contributed by atoms with E-state index in [0.29, 0.717) is 29.0 Å². The molecule has 2 aromatic carbocycles. The molecule has 2 amide bonds. The smallest absolute Gasteiger partial charge is 0.255 e. The van der Waals surface area contributed by atoms with Gasteiger partial charge in [0.05, 0.1) is 5.69 Å². The minimum atomic E-state index is -0.259. The van der Waals surface area contributed by atoms with Crippen LogP contribution in [0.15, 0.2) is 48.5 Å². The zero-order valence-electron chi connectivity index (χ0n) is 10.6. The number of anilines is 3. The third-order valence-corrected chi connectivity index (χ3v) is 2.69. The van der Waals surface area contributed by atoms with E-state index >= 15 is 0 Å². The highest BCUT2D eigenvalue weighted by Crippen LogP contribution is 2.16. The molecule has 0 atom stereocenters. The molecule has 0 unspecified atom stereocenters. The molecule has 0 fully saturated rings. The van der Waals surface area contributed by atoms with Gasteiger partial charge in [0, 0.05) is 16.9 Å². The SMILES string of the molecule is Nc1cccc(C(=O)Nc2ccc(N(N)C=O)cc2)c1. The first-order valence-electron chi connectivity index (χ1n) is 5.86. The Kier molecular flexibility index (Phi) is 3.97. The highest BCUT2D eigenvalue weighted by Gasteiger charge is 2.06. The molecule has 0 aliphatic heterocycles. The van der Waals surface area contributed by atoms with Gasteiger partial charge in [-0.25, -0.2) is 5.84 Å². The van der Waals surface area contributed by atoms with Gasteiger partial charge in [-0.2, -0.15) is 0 Å². The number of carbonyl (C=O) groups excluding carboxylic acids is 2. The van der Waals surface area contributed by atoms with Crippen LogP contribution in [-0.2, 0) is 4.79 Å². The molecule has 0 aliphatic carbocycles. The van der Waals surface area contributed by atoms with E-state index < -0.39 is 0 Å². The van der Waals surface area contributed by atoms with Crippen molar-refractivity contribution in [3.63, 3.8) is 0 Å². The summed E-state index contributed by atoms with van der Waals surface area (Å²) in [5.41, 5.74) is 7.75. The van der Waals surface area contributed by atoms with Crippen molar-refractivity contribution in [1.29, 1.82) is 0 Å². The largest absolute Gasteiger partial charge is 0.399 e. The van der Waals surface area contributed by atoms with Crippen LogP contribution in [-0.4, -0.2) is 12.3 Å². The van der Waals surface area contributed by atoms with E-state index in [1.807, 2.05) is 0 Å². The number of hydrogen-bond donors (Lipinski definition) is 3. The molecule has 0 radical (unpaired) electrons. The lowest BCUT2D eigenvalue weighted by molar-refractivity contribution is -0.107. The predicted molar refractivity (Wildman–Crippen MR) is 78.0 cm³/mol. The zero-order chi connectivity index (χ0) is 14.5. The van der Waals surface area contributed by atoms with Gasteiger partial charge in [0.1, 0.15) is 0 Å². The average Bonchev–Trinajstić information content (AvgIpc) is 2.47. The summed E-state index contributed by atoms with van der Waals surface area (Å²) in [6, 6.07) is 13.3. The van der Waals surface area contributed by atoms with Gasteiger partial charge in [0.2, 0.25) is 6.41 Å². The van der Waals surface area contributed by atoms with E-state index in [0.717, 1.165) is 5.01 Å². The molecule has 20 heavy (non-hydrogen) atoms. The number of nitrogen functional groups attached to an aromatic ring is 1. The Bertz CT molecular complexity index is 625. The summed E-state index contributed by atoms with van der Waals surface area (Å²) in [5, 5.41) is 3.68. The number of nitrogens with two attached hydrogens (primary N) is 2. The summed E-state index contributed by atoms with van der Waals surface area (Å²) in [5.74, 6) is 5.16. The topological polar surface area (TPSA) is 101 Å². The van der Waals surface area contributed by atoms with Gasteiger partial charge in [-0.15, -0.1) is 0 Å². The van der Waals surface area contributed by atoms with E-state index in [1.165, 1.54) is 0 Å². The number of hydrogen-bond acceptors (Lipinski definition) is 4. The quantitative estimate of drug-likeness (QED) is 0.256. The van der Waals surface area contributed by atoms with Gasteiger partial charge in [0.15, 0.2) is 0 Å². The van der Waals surface area contributed by atoms with Gasteiger partial charge in [-0.1, -0.05) is 6.07 Å². The number of nitrogens with zero attached hydrogens (tertiary/aromatic N) is 1. The molecule has 0 aromatic heterocycles. The standard InChI is InChI=1S/C14H14N4O2/c15-11-3-1-2-10(8-11)14(20)17-12-4-6-13(7-5-12)18(16)9-19/h1-9H,15-16H2,(H,17,20). The molecular weight excluding hydrogens is 256 g/mol. The first kappa shape index (κ1) is 13.6. The Morgan fingerprint density at radius 1 is 1.15 bits per heavy atom. The van der Waals surface area contributed by atoms with Gasteiger partial charge < -0.3 is 11.1 Å². The lowest BCUT2D eigenvalue weighted by Crippen LogP contribution is -2.28. The van der Waals surface area contributed by atoms with Crippen LogP contribution in [0.5, 0.6) is 0 Å². The summed E-state index contributed by atoms with van der Waals surface area (Å²) < 4.78 is 0. The molecule has 0 saturated heterocycles. The maximum Gasteiger partial charge on any atom is 0.255 e. The van der Waals surface area contributed by atoms with Crippen LogP contribution in [0.4, 0.5) is 17.1 Å². The van der Waals surface area contributed by atoms with Gasteiger partial charge in [-0.3, -0.25) is 14.6 Å². The first-order chi connectivity index (χ1) is 9.60.